The van der Waals surface area contributed by atoms with Crippen LogP contribution in [-0.2, 0) is 0 Å². The second-order valence-corrected chi connectivity index (χ2v) is 1.69. The summed E-state index contributed by atoms with van der Waals surface area (Å²) in [5, 5.41) is 0. The first kappa shape index (κ1) is 6.54. The number of nitrogens with two attached hydrogens (primary N) is 2. The van der Waals surface area contributed by atoms with Gasteiger partial charge in [0.2, 0.25) is 0 Å². The van der Waals surface area contributed by atoms with Gasteiger partial charge in [-0.05, 0) is 6.07 Å². The maximum atomic E-state index is 5.41. The van der Waals surface area contributed by atoms with Gasteiger partial charge < -0.3 is 11.5 Å². The van der Waals surface area contributed by atoms with Gasteiger partial charge in [0, 0.05) is 18.6 Å². The summed E-state index contributed by atoms with van der Waals surface area (Å²) < 4.78 is 0. The minimum Gasteiger partial charge on any atom is -0.403 e. The fraction of sp³-hybridized carbons (Fsp3) is 0. The SMILES string of the molecule is NC=C(N)c1ncccn1. The van der Waals surface area contributed by atoms with Crippen LogP contribution < -0.4 is 11.5 Å². The van der Waals surface area contributed by atoms with Crippen LogP contribution in [0.15, 0.2) is 24.7 Å². The van der Waals surface area contributed by atoms with E-state index in [1.165, 1.54) is 6.20 Å². The van der Waals surface area contributed by atoms with Gasteiger partial charge in [0.05, 0.1) is 5.70 Å². The van der Waals surface area contributed by atoms with E-state index in [9.17, 15) is 0 Å². The molecule has 0 bridgehead atoms. The fourth-order valence-electron chi connectivity index (χ4n) is 0.523. The van der Waals surface area contributed by atoms with Crippen molar-refractivity contribution in [2.24, 2.45) is 11.5 Å². The highest BCUT2D eigenvalue weighted by Crippen LogP contribution is 1.95. The molecule has 1 aromatic heterocycles. The average molecular weight is 136 g/mol. The lowest BCUT2D eigenvalue weighted by Gasteiger charge is -1.94. The minimum atomic E-state index is 0.389. The second-order valence-electron chi connectivity index (χ2n) is 1.69. The van der Waals surface area contributed by atoms with Crippen molar-refractivity contribution in [3.8, 4) is 0 Å². The molecule has 0 aliphatic heterocycles. The van der Waals surface area contributed by atoms with Crippen LogP contribution in [0.1, 0.15) is 5.82 Å². The van der Waals surface area contributed by atoms with Gasteiger partial charge in [0.1, 0.15) is 0 Å². The Morgan fingerprint density at radius 2 is 2.00 bits per heavy atom. The van der Waals surface area contributed by atoms with Crippen molar-refractivity contribution in [1.82, 2.24) is 9.97 Å². The van der Waals surface area contributed by atoms with E-state index in [4.69, 9.17) is 11.5 Å². The molecular formula is C6H8N4. The maximum Gasteiger partial charge on any atom is 0.176 e. The molecule has 4 nitrogen and oxygen atoms in total. The van der Waals surface area contributed by atoms with Crippen molar-refractivity contribution in [1.29, 1.82) is 0 Å². The summed E-state index contributed by atoms with van der Waals surface area (Å²) in [5.74, 6) is 0.463. The second kappa shape index (κ2) is 2.82. The van der Waals surface area contributed by atoms with Crippen LogP contribution in [0.25, 0.3) is 5.70 Å². The highest BCUT2D eigenvalue weighted by Gasteiger charge is 1.94. The summed E-state index contributed by atoms with van der Waals surface area (Å²) >= 11 is 0. The Hall–Kier alpha value is -1.58. The van der Waals surface area contributed by atoms with Gasteiger partial charge >= 0.3 is 0 Å². The molecule has 4 N–H and O–H groups in total. The zero-order chi connectivity index (χ0) is 7.40. The smallest absolute Gasteiger partial charge is 0.176 e. The van der Waals surface area contributed by atoms with Crippen LogP contribution in [0.2, 0.25) is 0 Å². The Morgan fingerprint density at radius 3 is 2.50 bits per heavy atom. The molecule has 0 aliphatic carbocycles. The van der Waals surface area contributed by atoms with E-state index in [1.54, 1.807) is 18.5 Å². The Labute approximate surface area is 58.6 Å². The number of aromatic nitrogens is 2. The van der Waals surface area contributed by atoms with Gasteiger partial charge in [-0.3, -0.25) is 0 Å². The summed E-state index contributed by atoms with van der Waals surface area (Å²) in [4.78, 5) is 7.73. The van der Waals surface area contributed by atoms with Crippen molar-refractivity contribution in [2.75, 3.05) is 0 Å². The monoisotopic (exact) mass is 136 g/mol. The van der Waals surface area contributed by atoms with Crippen molar-refractivity contribution in [2.45, 2.75) is 0 Å². The van der Waals surface area contributed by atoms with E-state index >= 15 is 0 Å². The molecule has 0 aromatic carbocycles. The Bertz CT molecular complexity index is 229. The third kappa shape index (κ3) is 1.22. The number of nitrogens with zero attached hydrogens (tertiary/aromatic N) is 2. The fourth-order valence-corrected chi connectivity index (χ4v) is 0.523. The molecule has 1 rings (SSSR count). The lowest BCUT2D eigenvalue weighted by molar-refractivity contribution is 1.10. The van der Waals surface area contributed by atoms with E-state index in [0.29, 0.717) is 11.5 Å². The Morgan fingerprint density at radius 1 is 1.40 bits per heavy atom. The summed E-state index contributed by atoms with van der Waals surface area (Å²) in [6, 6.07) is 1.72. The molecule has 10 heavy (non-hydrogen) atoms. The summed E-state index contributed by atoms with van der Waals surface area (Å²) in [7, 11) is 0. The highest BCUT2D eigenvalue weighted by atomic mass is 14.9. The average Bonchev–Trinajstić information content (AvgIpc) is 2.05. The lowest BCUT2D eigenvalue weighted by atomic mass is 10.4. The van der Waals surface area contributed by atoms with Gasteiger partial charge in [-0.1, -0.05) is 0 Å². The summed E-state index contributed by atoms with van der Waals surface area (Å²) in [6.07, 6.45) is 4.49. The normalized spacial score (nSPS) is 11.4. The van der Waals surface area contributed by atoms with Crippen molar-refractivity contribution >= 4 is 5.70 Å². The zero-order valence-corrected chi connectivity index (χ0v) is 5.36. The first-order valence-electron chi connectivity index (χ1n) is 2.79. The molecule has 4 heteroatoms. The topological polar surface area (TPSA) is 77.8 Å². The van der Waals surface area contributed by atoms with E-state index < -0.39 is 0 Å². The van der Waals surface area contributed by atoms with E-state index in [0.717, 1.165) is 0 Å². The molecule has 1 heterocycles. The highest BCUT2D eigenvalue weighted by molar-refractivity contribution is 5.54. The molecule has 0 aliphatic rings. The van der Waals surface area contributed by atoms with Gasteiger partial charge in [-0.25, -0.2) is 9.97 Å². The zero-order valence-electron chi connectivity index (χ0n) is 5.36. The largest absolute Gasteiger partial charge is 0.403 e. The van der Waals surface area contributed by atoms with E-state index in [-0.39, 0.29) is 0 Å². The van der Waals surface area contributed by atoms with Crippen LogP contribution in [0.5, 0.6) is 0 Å². The molecule has 0 amide bonds. The molecule has 0 radical (unpaired) electrons. The number of hydrogen-bond donors (Lipinski definition) is 2. The molecule has 52 valence electrons. The van der Waals surface area contributed by atoms with E-state index in [2.05, 4.69) is 9.97 Å². The van der Waals surface area contributed by atoms with Crippen molar-refractivity contribution in [3.63, 3.8) is 0 Å². The summed E-state index contributed by atoms with van der Waals surface area (Å²) in [6.45, 7) is 0. The quantitative estimate of drug-likeness (QED) is 0.555. The molecular weight excluding hydrogens is 128 g/mol. The van der Waals surface area contributed by atoms with E-state index in [1.807, 2.05) is 0 Å². The molecule has 1 aromatic rings. The van der Waals surface area contributed by atoms with Gasteiger partial charge in [-0.15, -0.1) is 0 Å². The van der Waals surface area contributed by atoms with Crippen molar-refractivity contribution < 1.29 is 0 Å². The van der Waals surface area contributed by atoms with Crippen molar-refractivity contribution in [3.05, 3.63) is 30.5 Å². The van der Waals surface area contributed by atoms with Crippen LogP contribution in [-0.4, -0.2) is 9.97 Å². The summed E-state index contributed by atoms with van der Waals surface area (Å²) in [5.41, 5.74) is 10.9. The Kier molecular flexibility index (Phi) is 1.84. The van der Waals surface area contributed by atoms with Crippen LogP contribution in [0.3, 0.4) is 0 Å². The van der Waals surface area contributed by atoms with Crippen LogP contribution >= 0.6 is 0 Å². The van der Waals surface area contributed by atoms with Gasteiger partial charge in [-0.2, -0.15) is 0 Å². The maximum absolute atomic E-state index is 5.41. The molecule has 0 saturated heterocycles. The number of rotatable bonds is 1. The molecule has 0 fully saturated rings. The Balaban J connectivity index is 2.96. The molecule has 0 atom stereocenters. The third-order valence-corrected chi connectivity index (χ3v) is 1.00. The first-order chi connectivity index (χ1) is 4.84. The lowest BCUT2D eigenvalue weighted by Crippen LogP contribution is -2.03. The first-order valence-corrected chi connectivity index (χ1v) is 2.79. The molecule has 0 unspecified atom stereocenters. The van der Waals surface area contributed by atoms with Gasteiger partial charge in [0.25, 0.3) is 0 Å². The third-order valence-electron chi connectivity index (χ3n) is 1.00. The van der Waals surface area contributed by atoms with Gasteiger partial charge in [0.15, 0.2) is 5.82 Å². The molecule has 0 saturated carbocycles. The van der Waals surface area contributed by atoms with Crippen LogP contribution in [0.4, 0.5) is 0 Å². The minimum absolute atomic E-state index is 0.389. The standard InChI is InChI=1S/C6H8N4/c7-4-5(8)6-9-2-1-3-10-6/h1-4H,7-8H2. The predicted octanol–water partition coefficient (Wildman–Crippen LogP) is -0.308. The predicted molar refractivity (Wildman–Crippen MR) is 38.4 cm³/mol. The number of hydrogen-bond acceptors (Lipinski definition) is 4. The molecule has 0 spiro atoms. The van der Waals surface area contributed by atoms with Crippen LogP contribution in [0, 0.1) is 0 Å².